The third kappa shape index (κ3) is 7.07. The van der Waals surface area contributed by atoms with E-state index in [1.54, 1.807) is 6.92 Å². The predicted octanol–water partition coefficient (Wildman–Crippen LogP) is 4.94. The molecule has 2 aromatic rings. The molecule has 1 atom stereocenters. The molecule has 13 heteroatoms. The van der Waals surface area contributed by atoms with Gasteiger partial charge < -0.3 is 25.0 Å². The lowest BCUT2D eigenvalue weighted by molar-refractivity contribution is -0.137. The van der Waals surface area contributed by atoms with Gasteiger partial charge in [-0.25, -0.2) is 13.8 Å². The number of carbonyl (C=O) groups excluding carboxylic acids is 1. The van der Waals surface area contributed by atoms with E-state index >= 15 is 0 Å². The number of pyridine rings is 1. The summed E-state index contributed by atoms with van der Waals surface area (Å²) in [6, 6.07) is 4.93. The van der Waals surface area contributed by atoms with E-state index in [9.17, 15) is 26.7 Å². The minimum Gasteiger partial charge on any atom is -0.496 e. The Labute approximate surface area is 228 Å². The van der Waals surface area contributed by atoms with Gasteiger partial charge in [0.15, 0.2) is 0 Å². The number of aromatic nitrogens is 1. The number of alkyl halides is 5. The quantitative estimate of drug-likeness (QED) is 0.200. The molecule has 1 aromatic carbocycles. The normalized spacial score (nSPS) is 17.0. The summed E-state index contributed by atoms with van der Waals surface area (Å²) in [6.07, 6.45) is -4.94. The third-order valence-corrected chi connectivity index (χ3v) is 6.53. The fraction of sp³-hybridized carbons (Fsp3) is 0.370. The fourth-order valence-corrected chi connectivity index (χ4v) is 4.41. The van der Waals surface area contributed by atoms with Crippen LogP contribution in [0.2, 0.25) is 0 Å². The Kier molecular flexibility index (Phi) is 9.72. The van der Waals surface area contributed by atoms with Crippen LogP contribution in [0.1, 0.15) is 29.4 Å². The molecule has 1 fully saturated rings. The van der Waals surface area contributed by atoms with Gasteiger partial charge in [-0.05, 0) is 31.3 Å². The van der Waals surface area contributed by atoms with Crippen molar-refractivity contribution in [1.29, 1.82) is 0 Å². The van der Waals surface area contributed by atoms with E-state index < -0.39 is 36.5 Å². The van der Waals surface area contributed by atoms with Crippen molar-refractivity contribution >= 4 is 12.6 Å². The van der Waals surface area contributed by atoms with Crippen LogP contribution in [0, 0.1) is 0 Å². The Morgan fingerprint density at radius 1 is 1.25 bits per heavy atom. The Morgan fingerprint density at radius 3 is 2.48 bits per heavy atom. The second-order valence-electron chi connectivity index (χ2n) is 8.95. The van der Waals surface area contributed by atoms with Crippen LogP contribution in [0.15, 0.2) is 64.9 Å². The van der Waals surface area contributed by atoms with Gasteiger partial charge in [0, 0.05) is 50.0 Å². The van der Waals surface area contributed by atoms with Gasteiger partial charge >= 0.3 is 6.18 Å². The number of piperazine rings is 1. The molecule has 2 heterocycles. The number of halogens is 5. The van der Waals surface area contributed by atoms with Crippen LogP contribution in [-0.4, -0.2) is 73.7 Å². The zero-order chi connectivity index (χ0) is 29.6. The van der Waals surface area contributed by atoms with Crippen molar-refractivity contribution in [3.05, 3.63) is 71.1 Å². The van der Waals surface area contributed by atoms with Gasteiger partial charge in [-0.15, -0.1) is 0 Å². The lowest BCUT2D eigenvalue weighted by atomic mass is 10.0. The van der Waals surface area contributed by atoms with Crippen molar-refractivity contribution in [3.63, 3.8) is 0 Å². The Hall–Kier alpha value is -4.16. The molecule has 0 bridgehead atoms. The number of methoxy groups -OCH3 is 2. The Bertz CT molecular complexity index is 1280. The summed E-state index contributed by atoms with van der Waals surface area (Å²) in [5.41, 5.74) is 6.26. The minimum atomic E-state index is -4.48. The highest BCUT2D eigenvalue weighted by atomic mass is 19.4. The average molecular weight is 568 g/mol. The van der Waals surface area contributed by atoms with Crippen molar-refractivity contribution in [2.75, 3.05) is 33.9 Å². The van der Waals surface area contributed by atoms with Crippen LogP contribution >= 0.6 is 0 Å². The van der Waals surface area contributed by atoms with Gasteiger partial charge in [0.25, 0.3) is 5.91 Å². The van der Waals surface area contributed by atoms with Crippen molar-refractivity contribution in [2.24, 2.45) is 10.7 Å². The van der Waals surface area contributed by atoms with Crippen LogP contribution in [-0.2, 0) is 10.9 Å². The minimum absolute atomic E-state index is 0.0437. The van der Waals surface area contributed by atoms with E-state index in [2.05, 4.69) is 16.7 Å². The number of amides is 1. The SMILES string of the molecule is C=N/C(N)=C\C(OC)=C(/C)N1CCN(C(=O)c2cc(OC)c(-c3ccc(C(F)(F)F)cc3)cn2)C(CC(F)F)C1. The van der Waals surface area contributed by atoms with Crippen LogP contribution in [0.5, 0.6) is 5.75 Å². The number of ether oxygens (including phenoxy) is 2. The van der Waals surface area contributed by atoms with E-state index in [0.29, 0.717) is 29.1 Å². The van der Waals surface area contributed by atoms with Crippen molar-refractivity contribution < 1.29 is 36.2 Å². The third-order valence-electron chi connectivity index (χ3n) is 6.53. The predicted molar refractivity (Wildman–Crippen MR) is 140 cm³/mol. The molecular weight excluding hydrogens is 537 g/mol. The van der Waals surface area contributed by atoms with Gasteiger partial charge in [0.2, 0.25) is 6.43 Å². The first-order valence-corrected chi connectivity index (χ1v) is 12.1. The molecule has 1 aliphatic heterocycles. The number of aliphatic imine (C=N–C) groups is 1. The van der Waals surface area contributed by atoms with Crippen molar-refractivity contribution in [1.82, 2.24) is 14.8 Å². The van der Waals surface area contributed by atoms with Gasteiger partial charge in [-0.3, -0.25) is 9.78 Å². The zero-order valence-electron chi connectivity index (χ0n) is 22.2. The zero-order valence-corrected chi connectivity index (χ0v) is 22.2. The molecular formula is C27H30F5N5O3. The molecule has 1 aromatic heterocycles. The fourth-order valence-electron chi connectivity index (χ4n) is 4.41. The molecule has 2 N–H and O–H groups in total. The number of nitrogens with two attached hydrogens (primary N) is 1. The van der Waals surface area contributed by atoms with Crippen LogP contribution in [0.4, 0.5) is 22.0 Å². The summed E-state index contributed by atoms with van der Waals surface area (Å²) in [5, 5.41) is 0. The molecule has 3 rings (SSSR count). The van der Waals surface area contributed by atoms with E-state index in [1.165, 1.54) is 49.6 Å². The molecule has 0 radical (unpaired) electrons. The Balaban J connectivity index is 1.88. The number of allylic oxidation sites excluding steroid dienone is 2. The molecule has 0 aliphatic carbocycles. The molecule has 0 saturated carbocycles. The van der Waals surface area contributed by atoms with Crippen LogP contribution < -0.4 is 10.5 Å². The van der Waals surface area contributed by atoms with E-state index in [0.717, 1.165) is 12.1 Å². The molecule has 0 spiro atoms. The largest absolute Gasteiger partial charge is 0.496 e. The topological polar surface area (TPSA) is 93.3 Å². The first-order chi connectivity index (χ1) is 18.9. The summed E-state index contributed by atoms with van der Waals surface area (Å²) < 4.78 is 76.7. The number of benzene rings is 1. The standard InChI is InChI=1S/C27H30F5N5O3/c1-16(22(39-3)13-25(33)34-2)36-9-10-37(19(15-36)11-24(28)29)26(38)21-12-23(40-4)20(14-35-21)17-5-7-18(8-6-17)27(30,31)32/h5-8,12-14,19,24H,2,9-11,15,33H2,1,3-4H3/b22-16-,25-13-. The lowest BCUT2D eigenvalue weighted by Crippen LogP contribution is -2.55. The molecule has 1 aliphatic rings. The summed E-state index contributed by atoms with van der Waals surface area (Å²) in [7, 11) is 2.79. The number of carbonyl (C=O) groups is 1. The van der Waals surface area contributed by atoms with Crippen molar-refractivity contribution in [3.8, 4) is 16.9 Å². The molecule has 1 unspecified atom stereocenters. The summed E-state index contributed by atoms with van der Waals surface area (Å²) in [5.74, 6) is 0.127. The molecule has 216 valence electrons. The highest BCUT2D eigenvalue weighted by Gasteiger charge is 2.35. The number of hydrogen-bond acceptors (Lipinski definition) is 7. The number of nitrogens with zero attached hydrogens (tertiary/aromatic N) is 4. The van der Waals surface area contributed by atoms with E-state index in [-0.39, 0.29) is 30.4 Å². The van der Waals surface area contributed by atoms with Crippen molar-refractivity contribution in [2.45, 2.75) is 32.0 Å². The lowest BCUT2D eigenvalue weighted by Gasteiger charge is -2.42. The van der Waals surface area contributed by atoms with Gasteiger partial charge in [-0.2, -0.15) is 13.2 Å². The smallest absolute Gasteiger partial charge is 0.416 e. The van der Waals surface area contributed by atoms with Crippen LogP contribution in [0.3, 0.4) is 0 Å². The molecule has 1 amide bonds. The number of rotatable bonds is 9. The summed E-state index contributed by atoms with van der Waals surface area (Å²) >= 11 is 0. The highest BCUT2D eigenvalue weighted by molar-refractivity contribution is 5.94. The van der Waals surface area contributed by atoms with Crippen LogP contribution in [0.25, 0.3) is 11.1 Å². The first-order valence-electron chi connectivity index (χ1n) is 12.1. The molecule has 40 heavy (non-hydrogen) atoms. The monoisotopic (exact) mass is 567 g/mol. The molecule has 1 saturated heterocycles. The Morgan fingerprint density at radius 2 is 1.93 bits per heavy atom. The molecule has 8 nitrogen and oxygen atoms in total. The average Bonchev–Trinajstić information content (AvgIpc) is 2.93. The second kappa shape index (κ2) is 12.8. The van der Waals surface area contributed by atoms with Gasteiger partial charge in [-0.1, -0.05) is 12.1 Å². The maximum Gasteiger partial charge on any atom is 0.416 e. The summed E-state index contributed by atoms with van der Waals surface area (Å²) in [4.78, 5) is 24.4. The highest BCUT2D eigenvalue weighted by Crippen LogP contribution is 2.34. The van der Waals surface area contributed by atoms with Gasteiger partial charge in [0.05, 0.1) is 31.5 Å². The maximum absolute atomic E-state index is 13.5. The first kappa shape index (κ1) is 30.4. The van der Waals surface area contributed by atoms with Gasteiger partial charge in [0.1, 0.15) is 23.0 Å². The van der Waals surface area contributed by atoms with E-state index in [4.69, 9.17) is 15.2 Å². The maximum atomic E-state index is 13.5. The number of hydrogen-bond donors (Lipinski definition) is 1. The van der Waals surface area contributed by atoms with E-state index in [1.807, 2.05) is 4.90 Å². The summed E-state index contributed by atoms with van der Waals surface area (Å²) in [6.45, 7) is 5.64. The second-order valence-corrected chi connectivity index (χ2v) is 8.95.